The minimum atomic E-state index is 0.258. The lowest BCUT2D eigenvalue weighted by Gasteiger charge is -2.35. The van der Waals surface area contributed by atoms with Gasteiger partial charge < -0.3 is 15.3 Å². The summed E-state index contributed by atoms with van der Waals surface area (Å²) in [4.78, 5) is 2.55. The smallest absolute Gasteiger partial charge is 0.0585 e. The third-order valence-electron chi connectivity index (χ3n) is 3.93. The molecule has 96 valence electrons. The van der Waals surface area contributed by atoms with Crippen molar-refractivity contribution in [2.45, 2.75) is 39.7 Å². The second-order valence-electron chi connectivity index (χ2n) is 5.27. The van der Waals surface area contributed by atoms with E-state index in [0.717, 1.165) is 31.3 Å². The molecule has 0 saturated carbocycles. The fourth-order valence-corrected chi connectivity index (χ4v) is 2.44. The maximum atomic E-state index is 9.20. The van der Waals surface area contributed by atoms with Crippen LogP contribution in [0.25, 0.3) is 0 Å². The van der Waals surface area contributed by atoms with Crippen molar-refractivity contribution in [2.24, 2.45) is 11.8 Å². The van der Waals surface area contributed by atoms with Crippen LogP contribution in [0, 0.1) is 11.8 Å². The van der Waals surface area contributed by atoms with Crippen molar-refractivity contribution in [3.8, 4) is 0 Å². The summed E-state index contributed by atoms with van der Waals surface area (Å²) < 4.78 is 0. The maximum absolute atomic E-state index is 9.20. The Morgan fingerprint density at radius 1 is 1.38 bits per heavy atom. The molecule has 1 heterocycles. The standard InChI is InChI=1S/C13H28N2O/c1-4-14-13(10-16)6-8-15-7-5-11(2)12(3)9-15/h11-14,16H,4-10H2,1-3H3. The molecule has 1 rings (SSSR count). The third-order valence-corrected chi connectivity index (χ3v) is 3.93. The average molecular weight is 228 g/mol. The highest BCUT2D eigenvalue weighted by molar-refractivity contribution is 4.76. The molecule has 1 fully saturated rings. The van der Waals surface area contributed by atoms with Crippen molar-refractivity contribution in [1.82, 2.24) is 10.2 Å². The number of aliphatic hydroxyl groups excluding tert-OH is 1. The first-order valence-corrected chi connectivity index (χ1v) is 6.74. The van der Waals surface area contributed by atoms with Crippen molar-refractivity contribution in [3.05, 3.63) is 0 Å². The van der Waals surface area contributed by atoms with Crippen molar-refractivity contribution >= 4 is 0 Å². The van der Waals surface area contributed by atoms with E-state index in [4.69, 9.17) is 0 Å². The zero-order valence-corrected chi connectivity index (χ0v) is 11.1. The molecular weight excluding hydrogens is 200 g/mol. The first kappa shape index (κ1) is 13.9. The highest BCUT2D eigenvalue weighted by atomic mass is 16.3. The predicted molar refractivity (Wildman–Crippen MR) is 68.6 cm³/mol. The molecule has 3 nitrogen and oxygen atoms in total. The van der Waals surface area contributed by atoms with Gasteiger partial charge in [-0.05, 0) is 44.3 Å². The molecule has 0 aliphatic carbocycles. The van der Waals surface area contributed by atoms with E-state index in [9.17, 15) is 5.11 Å². The second kappa shape index (κ2) is 7.25. The van der Waals surface area contributed by atoms with Crippen molar-refractivity contribution in [1.29, 1.82) is 0 Å². The van der Waals surface area contributed by atoms with Gasteiger partial charge in [0.1, 0.15) is 0 Å². The Morgan fingerprint density at radius 3 is 2.69 bits per heavy atom. The topological polar surface area (TPSA) is 35.5 Å². The Balaban J connectivity index is 2.21. The summed E-state index contributed by atoms with van der Waals surface area (Å²) in [5, 5.41) is 12.5. The van der Waals surface area contributed by atoms with Crippen LogP contribution in [0.3, 0.4) is 0 Å². The summed E-state index contributed by atoms with van der Waals surface area (Å²) in [6.45, 7) is 11.6. The molecule has 0 bridgehead atoms. The van der Waals surface area contributed by atoms with Gasteiger partial charge in [0.15, 0.2) is 0 Å². The molecule has 3 heteroatoms. The van der Waals surface area contributed by atoms with Crippen LogP contribution in [0.4, 0.5) is 0 Å². The van der Waals surface area contributed by atoms with Gasteiger partial charge in [-0.25, -0.2) is 0 Å². The number of rotatable bonds is 6. The first-order valence-electron chi connectivity index (χ1n) is 6.74. The average Bonchev–Trinajstić information content (AvgIpc) is 2.28. The number of piperidine rings is 1. The fraction of sp³-hybridized carbons (Fsp3) is 1.00. The van der Waals surface area contributed by atoms with E-state index in [2.05, 4.69) is 31.0 Å². The number of likely N-dealkylation sites (tertiary alicyclic amines) is 1. The van der Waals surface area contributed by atoms with Crippen LogP contribution in [0.1, 0.15) is 33.6 Å². The van der Waals surface area contributed by atoms with E-state index in [1.165, 1.54) is 19.5 Å². The summed E-state index contributed by atoms with van der Waals surface area (Å²) >= 11 is 0. The molecule has 2 N–H and O–H groups in total. The van der Waals surface area contributed by atoms with E-state index in [-0.39, 0.29) is 12.6 Å². The van der Waals surface area contributed by atoms with Gasteiger partial charge in [-0.1, -0.05) is 20.8 Å². The Morgan fingerprint density at radius 2 is 2.12 bits per heavy atom. The van der Waals surface area contributed by atoms with Crippen LogP contribution in [0.5, 0.6) is 0 Å². The van der Waals surface area contributed by atoms with Crippen LogP contribution in [0.15, 0.2) is 0 Å². The van der Waals surface area contributed by atoms with Gasteiger partial charge in [0.25, 0.3) is 0 Å². The monoisotopic (exact) mass is 228 g/mol. The predicted octanol–water partition coefficient (Wildman–Crippen LogP) is 1.32. The molecule has 1 saturated heterocycles. The maximum Gasteiger partial charge on any atom is 0.0585 e. The van der Waals surface area contributed by atoms with Gasteiger partial charge in [-0.15, -0.1) is 0 Å². The number of hydrogen-bond donors (Lipinski definition) is 2. The molecule has 0 aromatic rings. The Bertz CT molecular complexity index is 187. The second-order valence-corrected chi connectivity index (χ2v) is 5.27. The van der Waals surface area contributed by atoms with E-state index in [1.807, 2.05) is 0 Å². The van der Waals surface area contributed by atoms with E-state index < -0.39 is 0 Å². The fourth-order valence-electron chi connectivity index (χ4n) is 2.44. The third kappa shape index (κ3) is 4.40. The van der Waals surface area contributed by atoms with Crippen LogP contribution in [-0.4, -0.2) is 48.8 Å². The van der Waals surface area contributed by atoms with E-state index in [1.54, 1.807) is 0 Å². The highest BCUT2D eigenvalue weighted by Crippen LogP contribution is 2.22. The summed E-state index contributed by atoms with van der Waals surface area (Å²) in [7, 11) is 0. The molecular formula is C13H28N2O. The summed E-state index contributed by atoms with van der Waals surface area (Å²) in [5.41, 5.74) is 0. The number of likely N-dealkylation sites (N-methyl/N-ethyl adjacent to an activating group) is 1. The van der Waals surface area contributed by atoms with Gasteiger partial charge in [-0.3, -0.25) is 0 Å². The number of nitrogens with zero attached hydrogens (tertiary/aromatic N) is 1. The van der Waals surface area contributed by atoms with Gasteiger partial charge >= 0.3 is 0 Å². The quantitative estimate of drug-likeness (QED) is 0.720. The Hall–Kier alpha value is -0.120. The van der Waals surface area contributed by atoms with Crippen molar-refractivity contribution < 1.29 is 5.11 Å². The molecule has 0 aromatic heterocycles. The lowest BCUT2D eigenvalue weighted by molar-refractivity contribution is 0.127. The minimum Gasteiger partial charge on any atom is -0.395 e. The lowest BCUT2D eigenvalue weighted by Crippen LogP contribution is -2.42. The zero-order valence-electron chi connectivity index (χ0n) is 11.1. The van der Waals surface area contributed by atoms with Crippen molar-refractivity contribution in [3.63, 3.8) is 0 Å². The number of aliphatic hydroxyl groups is 1. The molecule has 0 spiro atoms. The van der Waals surface area contributed by atoms with Crippen LogP contribution in [-0.2, 0) is 0 Å². The van der Waals surface area contributed by atoms with Gasteiger partial charge in [0.2, 0.25) is 0 Å². The normalized spacial score (nSPS) is 29.2. The Labute approximate surface area is 100 Å². The molecule has 3 unspecified atom stereocenters. The molecule has 16 heavy (non-hydrogen) atoms. The lowest BCUT2D eigenvalue weighted by atomic mass is 9.88. The molecule has 0 radical (unpaired) electrons. The highest BCUT2D eigenvalue weighted by Gasteiger charge is 2.22. The molecule has 1 aliphatic rings. The van der Waals surface area contributed by atoms with Gasteiger partial charge in [-0.2, -0.15) is 0 Å². The van der Waals surface area contributed by atoms with Gasteiger partial charge in [0, 0.05) is 12.6 Å². The molecule has 0 aromatic carbocycles. The van der Waals surface area contributed by atoms with Crippen LogP contribution in [0.2, 0.25) is 0 Å². The molecule has 1 aliphatic heterocycles. The largest absolute Gasteiger partial charge is 0.395 e. The Kier molecular flexibility index (Phi) is 6.32. The molecule has 0 amide bonds. The SMILES string of the molecule is CCNC(CO)CCN1CCC(C)C(C)C1. The first-order chi connectivity index (χ1) is 7.67. The number of nitrogens with one attached hydrogen (secondary N) is 1. The summed E-state index contributed by atoms with van der Waals surface area (Å²) in [5.74, 6) is 1.69. The molecule has 3 atom stereocenters. The van der Waals surface area contributed by atoms with E-state index >= 15 is 0 Å². The summed E-state index contributed by atoms with van der Waals surface area (Å²) in [6, 6.07) is 0.277. The summed E-state index contributed by atoms with van der Waals surface area (Å²) in [6.07, 6.45) is 2.39. The number of hydrogen-bond acceptors (Lipinski definition) is 3. The zero-order chi connectivity index (χ0) is 12.0. The minimum absolute atomic E-state index is 0.258. The van der Waals surface area contributed by atoms with Crippen LogP contribution >= 0.6 is 0 Å². The van der Waals surface area contributed by atoms with Crippen molar-refractivity contribution in [2.75, 3.05) is 32.8 Å². The van der Waals surface area contributed by atoms with E-state index in [0.29, 0.717) is 0 Å². The van der Waals surface area contributed by atoms with Gasteiger partial charge in [0.05, 0.1) is 6.61 Å². The van der Waals surface area contributed by atoms with Crippen LogP contribution < -0.4 is 5.32 Å².